The minimum Gasteiger partial charge on any atom is -0.493 e. The molecule has 0 fully saturated rings. The van der Waals surface area contributed by atoms with Crippen molar-refractivity contribution in [1.82, 2.24) is 0 Å². The van der Waals surface area contributed by atoms with Gasteiger partial charge in [-0.05, 0) is 55.0 Å². The van der Waals surface area contributed by atoms with Gasteiger partial charge in [-0.2, -0.15) is 0 Å². The van der Waals surface area contributed by atoms with E-state index in [0.717, 1.165) is 5.57 Å². The highest BCUT2D eigenvalue weighted by atomic mass is 19.1. The molecule has 0 aliphatic carbocycles. The number of nitrogens with one attached hydrogen (secondary N) is 1. The number of hydrogen-bond donors (Lipinski definition) is 1. The van der Waals surface area contributed by atoms with Crippen molar-refractivity contribution in [2.45, 2.75) is 6.92 Å². The van der Waals surface area contributed by atoms with E-state index >= 15 is 0 Å². The molecule has 2 rings (SSSR count). The highest BCUT2D eigenvalue weighted by Gasteiger charge is 2.13. The van der Waals surface area contributed by atoms with E-state index in [-0.39, 0.29) is 24.5 Å². The Hall–Kier alpha value is -3.35. The van der Waals surface area contributed by atoms with E-state index in [1.807, 2.05) is 0 Å². The van der Waals surface area contributed by atoms with Crippen molar-refractivity contribution < 1.29 is 28.2 Å². The molecule has 0 radical (unpaired) electrons. The maximum atomic E-state index is 12.9. The third-order valence-electron chi connectivity index (χ3n) is 3.34. The number of methoxy groups -OCH3 is 1. The quantitative estimate of drug-likeness (QED) is 0.565. The number of carbonyl (C=O) groups is 2. The van der Waals surface area contributed by atoms with Gasteiger partial charge >= 0.3 is 5.97 Å². The van der Waals surface area contributed by atoms with Crippen LogP contribution in [0, 0.1) is 5.82 Å². The molecule has 1 amide bonds. The summed E-state index contributed by atoms with van der Waals surface area (Å²) in [4.78, 5) is 23.9. The Kier molecular flexibility index (Phi) is 6.93. The summed E-state index contributed by atoms with van der Waals surface area (Å²) in [5, 5.41) is 2.58. The summed E-state index contributed by atoms with van der Waals surface area (Å²) in [5.41, 5.74) is 1.46. The zero-order valence-electron chi connectivity index (χ0n) is 15.1. The Balaban J connectivity index is 1.97. The zero-order chi connectivity index (χ0) is 19.8. The van der Waals surface area contributed by atoms with E-state index < -0.39 is 17.7 Å². The van der Waals surface area contributed by atoms with Crippen LogP contribution in [-0.4, -0.2) is 32.2 Å². The summed E-state index contributed by atoms with van der Waals surface area (Å²) >= 11 is 0. The van der Waals surface area contributed by atoms with Crippen LogP contribution in [0.5, 0.6) is 11.5 Å². The van der Waals surface area contributed by atoms with Crippen molar-refractivity contribution in [3.05, 3.63) is 66.0 Å². The fourth-order valence-corrected chi connectivity index (χ4v) is 2.06. The summed E-state index contributed by atoms with van der Waals surface area (Å²) in [6.07, 6.45) is 0. The van der Waals surface area contributed by atoms with Gasteiger partial charge < -0.3 is 19.5 Å². The van der Waals surface area contributed by atoms with Crippen LogP contribution in [0.15, 0.2) is 54.6 Å². The molecular formula is C20H20FNO5. The minimum absolute atomic E-state index is 0.128. The summed E-state index contributed by atoms with van der Waals surface area (Å²) in [6, 6.07) is 9.86. The second kappa shape index (κ2) is 9.38. The average molecular weight is 373 g/mol. The van der Waals surface area contributed by atoms with Gasteiger partial charge in [0.15, 0.2) is 18.1 Å². The number of anilines is 1. The molecule has 6 nitrogen and oxygen atoms in total. The molecule has 142 valence electrons. The van der Waals surface area contributed by atoms with Gasteiger partial charge in [0, 0.05) is 5.69 Å². The lowest BCUT2D eigenvalue weighted by atomic mass is 10.2. The fraction of sp³-hybridized carbons (Fsp3) is 0.200. The van der Waals surface area contributed by atoms with Crippen LogP contribution >= 0.6 is 0 Å². The molecule has 7 heteroatoms. The molecule has 0 saturated carbocycles. The normalized spacial score (nSPS) is 10.0. The number of ether oxygens (including phenoxy) is 3. The summed E-state index contributed by atoms with van der Waals surface area (Å²) in [6.45, 7) is 5.26. The first-order valence-electron chi connectivity index (χ1n) is 8.07. The SMILES string of the molecule is C=C(C)COC(=O)c1ccc(OCC(=O)Nc2ccc(F)cc2)c(OC)c1. The maximum Gasteiger partial charge on any atom is 0.338 e. The van der Waals surface area contributed by atoms with Crippen LogP contribution < -0.4 is 14.8 Å². The summed E-state index contributed by atoms with van der Waals surface area (Å²) in [5.74, 6) is -0.751. The lowest BCUT2D eigenvalue weighted by molar-refractivity contribution is -0.118. The van der Waals surface area contributed by atoms with E-state index in [9.17, 15) is 14.0 Å². The van der Waals surface area contributed by atoms with Crippen molar-refractivity contribution in [2.24, 2.45) is 0 Å². The Morgan fingerprint density at radius 3 is 2.41 bits per heavy atom. The first kappa shape index (κ1) is 20.0. The molecule has 0 heterocycles. The van der Waals surface area contributed by atoms with Gasteiger partial charge in [-0.1, -0.05) is 6.58 Å². The molecule has 2 aromatic carbocycles. The molecule has 0 atom stereocenters. The van der Waals surface area contributed by atoms with Crippen molar-refractivity contribution in [3.63, 3.8) is 0 Å². The van der Waals surface area contributed by atoms with E-state index in [1.54, 1.807) is 6.92 Å². The second-order valence-electron chi connectivity index (χ2n) is 5.74. The Morgan fingerprint density at radius 1 is 1.07 bits per heavy atom. The number of carbonyl (C=O) groups excluding carboxylic acids is 2. The van der Waals surface area contributed by atoms with Crippen LogP contribution in [0.4, 0.5) is 10.1 Å². The zero-order valence-corrected chi connectivity index (χ0v) is 15.1. The number of halogens is 1. The van der Waals surface area contributed by atoms with Gasteiger partial charge in [0.2, 0.25) is 0 Å². The number of hydrogen-bond acceptors (Lipinski definition) is 5. The van der Waals surface area contributed by atoms with Crippen molar-refractivity contribution in [1.29, 1.82) is 0 Å². The van der Waals surface area contributed by atoms with E-state index in [1.165, 1.54) is 49.6 Å². The molecule has 0 spiro atoms. The van der Waals surface area contributed by atoms with Crippen molar-refractivity contribution >= 4 is 17.6 Å². The highest BCUT2D eigenvalue weighted by Crippen LogP contribution is 2.28. The number of amides is 1. The lowest BCUT2D eigenvalue weighted by Gasteiger charge is -2.12. The molecule has 0 aromatic heterocycles. The highest BCUT2D eigenvalue weighted by molar-refractivity contribution is 5.92. The molecule has 27 heavy (non-hydrogen) atoms. The number of esters is 1. The van der Waals surface area contributed by atoms with Crippen molar-refractivity contribution in [2.75, 3.05) is 25.6 Å². The molecule has 0 bridgehead atoms. The number of benzene rings is 2. The predicted octanol–water partition coefficient (Wildman–Crippen LogP) is 3.58. The average Bonchev–Trinajstić information content (AvgIpc) is 2.66. The standard InChI is InChI=1S/C20H20FNO5/c1-13(2)11-27-20(24)14-4-9-17(18(10-14)25-3)26-12-19(23)22-16-7-5-15(21)6-8-16/h4-10H,1,11-12H2,2-3H3,(H,22,23). The molecule has 1 N–H and O–H groups in total. The predicted molar refractivity (Wildman–Crippen MR) is 98.6 cm³/mol. The van der Waals surface area contributed by atoms with E-state index in [2.05, 4.69) is 11.9 Å². The van der Waals surface area contributed by atoms with Gasteiger partial charge in [-0.15, -0.1) is 0 Å². The smallest absolute Gasteiger partial charge is 0.338 e. The van der Waals surface area contributed by atoms with Gasteiger partial charge in [0.05, 0.1) is 12.7 Å². The van der Waals surface area contributed by atoms with E-state index in [4.69, 9.17) is 14.2 Å². The second-order valence-corrected chi connectivity index (χ2v) is 5.74. The van der Waals surface area contributed by atoms with Gasteiger partial charge in [0.25, 0.3) is 5.91 Å². The minimum atomic E-state index is -0.517. The number of rotatable bonds is 8. The van der Waals surface area contributed by atoms with Gasteiger partial charge in [-0.25, -0.2) is 9.18 Å². The third-order valence-corrected chi connectivity index (χ3v) is 3.34. The maximum absolute atomic E-state index is 12.9. The largest absolute Gasteiger partial charge is 0.493 e. The summed E-state index contributed by atoms with van der Waals surface area (Å²) in [7, 11) is 1.42. The first-order valence-corrected chi connectivity index (χ1v) is 8.07. The third kappa shape index (κ3) is 6.14. The summed E-state index contributed by atoms with van der Waals surface area (Å²) < 4.78 is 28.6. The van der Waals surface area contributed by atoms with Gasteiger partial charge in [0.1, 0.15) is 12.4 Å². The monoisotopic (exact) mass is 373 g/mol. The Bertz CT molecular complexity index is 833. The molecule has 0 saturated heterocycles. The van der Waals surface area contributed by atoms with Gasteiger partial charge in [-0.3, -0.25) is 4.79 Å². The molecule has 0 aliphatic heterocycles. The fourth-order valence-electron chi connectivity index (χ4n) is 2.06. The lowest BCUT2D eigenvalue weighted by Crippen LogP contribution is -2.20. The molecule has 0 unspecified atom stereocenters. The molecule has 2 aromatic rings. The van der Waals surface area contributed by atoms with Crippen LogP contribution in [0.1, 0.15) is 17.3 Å². The topological polar surface area (TPSA) is 73.9 Å². The Labute approximate surface area is 156 Å². The first-order chi connectivity index (χ1) is 12.9. The van der Waals surface area contributed by atoms with Crippen LogP contribution in [0.25, 0.3) is 0 Å². The van der Waals surface area contributed by atoms with Crippen LogP contribution in [0.3, 0.4) is 0 Å². The van der Waals surface area contributed by atoms with Crippen LogP contribution in [0.2, 0.25) is 0 Å². The van der Waals surface area contributed by atoms with Crippen LogP contribution in [-0.2, 0) is 9.53 Å². The molecule has 0 aliphatic rings. The Morgan fingerprint density at radius 2 is 1.78 bits per heavy atom. The van der Waals surface area contributed by atoms with Crippen molar-refractivity contribution in [3.8, 4) is 11.5 Å². The van der Waals surface area contributed by atoms with E-state index in [0.29, 0.717) is 11.4 Å². The molecular weight excluding hydrogens is 353 g/mol.